The van der Waals surface area contributed by atoms with Crippen molar-refractivity contribution in [3.05, 3.63) is 11.7 Å². The number of alkyl halides is 2. The minimum Gasteiger partial charge on any atom is -0.334 e. The summed E-state index contributed by atoms with van der Waals surface area (Å²) in [7, 11) is 0.727. The second-order valence-corrected chi connectivity index (χ2v) is 3.00. The van der Waals surface area contributed by atoms with Gasteiger partial charge >= 0.3 is 0 Å². The first-order chi connectivity index (χ1) is 5.41. The van der Waals surface area contributed by atoms with Crippen LogP contribution in [0.3, 0.4) is 0 Å². The van der Waals surface area contributed by atoms with Gasteiger partial charge in [0.05, 0.1) is 0 Å². The maximum Gasteiger partial charge on any atom is 0.286 e. The first-order valence-electron chi connectivity index (χ1n) is 3.63. The van der Waals surface area contributed by atoms with Gasteiger partial charge in [-0.3, -0.25) is 0 Å². The number of halogens is 2. The lowest BCUT2D eigenvalue weighted by Crippen LogP contribution is -2.13. The number of hydrogen-bond acceptors (Lipinski definition) is 3. The van der Waals surface area contributed by atoms with Crippen molar-refractivity contribution in [1.29, 1.82) is 0 Å². The molecule has 1 rings (SSSR count). The summed E-state index contributed by atoms with van der Waals surface area (Å²) in [6, 6.07) is 0. The highest BCUT2D eigenvalue weighted by molar-refractivity contribution is 6.12. The van der Waals surface area contributed by atoms with Gasteiger partial charge in [0.1, 0.15) is 0 Å². The molecule has 0 saturated heterocycles. The summed E-state index contributed by atoms with van der Waals surface area (Å²) in [5, 5.41) is 3.42. The Morgan fingerprint density at radius 3 is 2.33 bits per heavy atom. The summed E-state index contributed by atoms with van der Waals surface area (Å²) in [5.74, 6) is -3.34. The van der Waals surface area contributed by atoms with E-state index >= 15 is 0 Å². The molecule has 0 aliphatic heterocycles. The molecule has 0 unspecified atom stereocenters. The molecule has 0 aliphatic rings. The SMILES string of the molecule is BC(F)(F)c1nc(C(C)C)no1. The van der Waals surface area contributed by atoms with E-state index < -0.39 is 11.7 Å². The Bertz CT molecular complexity index is 269. The third-order valence-corrected chi connectivity index (χ3v) is 1.33. The Kier molecular flexibility index (Phi) is 2.17. The van der Waals surface area contributed by atoms with Crippen LogP contribution in [0.5, 0.6) is 0 Å². The molecular weight excluding hydrogens is 165 g/mol. The van der Waals surface area contributed by atoms with Crippen LogP contribution in [0.2, 0.25) is 0 Å². The van der Waals surface area contributed by atoms with E-state index in [2.05, 4.69) is 14.7 Å². The third kappa shape index (κ3) is 1.81. The van der Waals surface area contributed by atoms with E-state index in [4.69, 9.17) is 0 Å². The summed E-state index contributed by atoms with van der Waals surface area (Å²) < 4.78 is 29.4. The molecule has 0 N–H and O–H groups in total. The molecule has 0 bridgehead atoms. The zero-order valence-corrected chi connectivity index (χ0v) is 7.14. The van der Waals surface area contributed by atoms with Crippen molar-refractivity contribution in [2.45, 2.75) is 25.6 Å². The molecule has 3 nitrogen and oxygen atoms in total. The number of aromatic nitrogens is 2. The van der Waals surface area contributed by atoms with Crippen LogP contribution in [0.15, 0.2) is 4.52 Å². The topological polar surface area (TPSA) is 38.9 Å². The Morgan fingerprint density at radius 1 is 1.50 bits per heavy atom. The van der Waals surface area contributed by atoms with Gasteiger partial charge in [-0.05, 0) is 0 Å². The minimum absolute atomic E-state index is 0.00449. The van der Waals surface area contributed by atoms with Crippen molar-refractivity contribution in [3.63, 3.8) is 0 Å². The average molecular weight is 174 g/mol. The highest BCUT2D eigenvalue weighted by Crippen LogP contribution is 2.23. The van der Waals surface area contributed by atoms with Gasteiger partial charge in [0.15, 0.2) is 5.82 Å². The van der Waals surface area contributed by atoms with E-state index in [-0.39, 0.29) is 5.92 Å². The van der Waals surface area contributed by atoms with Gasteiger partial charge in [0.25, 0.3) is 11.7 Å². The molecule has 1 heterocycles. The summed E-state index contributed by atoms with van der Waals surface area (Å²) in [6.45, 7) is 3.62. The van der Waals surface area contributed by atoms with E-state index in [1.54, 1.807) is 0 Å². The first kappa shape index (κ1) is 9.16. The quantitative estimate of drug-likeness (QED) is 0.624. The Balaban J connectivity index is 2.92. The number of hydrogen-bond donors (Lipinski definition) is 0. The summed E-state index contributed by atoms with van der Waals surface area (Å²) in [6.07, 6.45) is 0. The molecule has 1 aromatic rings. The maximum atomic E-state index is 12.5. The monoisotopic (exact) mass is 174 g/mol. The van der Waals surface area contributed by atoms with E-state index in [0.29, 0.717) is 5.82 Å². The van der Waals surface area contributed by atoms with Crippen molar-refractivity contribution in [2.24, 2.45) is 0 Å². The lowest BCUT2D eigenvalue weighted by molar-refractivity contribution is 0.0542. The molecule has 66 valence electrons. The standard InChI is InChI=1S/C6H9BF2N2O/c1-3(2)4-10-5(12-11-4)6(7,8)9/h3H,7H2,1-2H3. The fraction of sp³-hybridized carbons (Fsp3) is 0.667. The second-order valence-electron chi connectivity index (χ2n) is 3.00. The summed E-state index contributed by atoms with van der Waals surface area (Å²) in [4.78, 5) is 3.55. The van der Waals surface area contributed by atoms with Crippen LogP contribution >= 0.6 is 0 Å². The van der Waals surface area contributed by atoms with Gasteiger partial charge in [0, 0.05) is 5.92 Å². The van der Waals surface area contributed by atoms with Crippen LogP contribution in [0.4, 0.5) is 8.78 Å². The summed E-state index contributed by atoms with van der Waals surface area (Å²) in [5.41, 5.74) is 0. The largest absolute Gasteiger partial charge is 0.334 e. The summed E-state index contributed by atoms with van der Waals surface area (Å²) >= 11 is 0. The van der Waals surface area contributed by atoms with Crippen molar-refractivity contribution in [1.82, 2.24) is 10.1 Å². The van der Waals surface area contributed by atoms with Gasteiger partial charge < -0.3 is 4.52 Å². The van der Waals surface area contributed by atoms with Gasteiger partial charge in [-0.1, -0.05) is 19.0 Å². The Hall–Kier alpha value is -0.935. The molecule has 0 aromatic carbocycles. The third-order valence-electron chi connectivity index (χ3n) is 1.33. The van der Waals surface area contributed by atoms with Crippen molar-refractivity contribution in [3.8, 4) is 0 Å². The fourth-order valence-electron chi connectivity index (χ4n) is 0.648. The van der Waals surface area contributed by atoms with Crippen molar-refractivity contribution < 1.29 is 13.3 Å². The minimum atomic E-state index is -3.04. The number of rotatable bonds is 2. The Labute approximate surface area is 69.6 Å². The van der Waals surface area contributed by atoms with Crippen molar-refractivity contribution >= 4 is 7.85 Å². The smallest absolute Gasteiger partial charge is 0.286 e. The lowest BCUT2D eigenvalue weighted by Gasteiger charge is -2.01. The molecule has 0 aliphatic carbocycles. The highest BCUT2D eigenvalue weighted by atomic mass is 19.3. The molecule has 1 aromatic heterocycles. The normalized spacial score (nSPS) is 12.4. The maximum absolute atomic E-state index is 12.5. The second kappa shape index (κ2) is 2.84. The van der Waals surface area contributed by atoms with Crippen LogP contribution in [0.25, 0.3) is 0 Å². The lowest BCUT2D eigenvalue weighted by atomic mass is 9.99. The average Bonchev–Trinajstić information content (AvgIpc) is 2.30. The zero-order chi connectivity index (χ0) is 9.35. The Morgan fingerprint density at radius 2 is 2.08 bits per heavy atom. The van der Waals surface area contributed by atoms with Gasteiger partial charge in [-0.2, -0.15) is 4.98 Å². The fourth-order valence-corrected chi connectivity index (χ4v) is 0.648. The van der Waals surface area contributed by atoms with E-state index in [0.717, 1.165) is 7.85 Å². The molecule has 0 saturated carbocycles. The van der Waals surface area contributed by atoms with Crippen LogP contribution in [-0.4, -0.2) is 18.0 Å². The molecule has 0 amide bonds. The predicted molar refractivity (Wildman–Crippen MR) is 40.8 cm³/mol. The van der Waals surface area contributed by atoms with Gasteiger partial charge in [-0.15, -0.1) is 0 Å². The van der Waals surface area contributed by atoms with E-state index in [1.807, 2.05) is 13.8 Å². The van der Waals surface area contributed by atoms with Crippen molar-refractivity contribution in [2.75, 3.05) is 0 Å². The molecule has 0 fully saturated rings. The van der Waals surface area contributed by atoms with E-state index in [9.17, 15) is 8.78 Å². The molecular formula is C6H9BF2N2O. The van der Waals surface area contributed by atoms with Gasteiger partial charge in [-0.25, -0.2) is 8.78 Å². The van der Waals surface area contributed by atoms with E-state index in [1.165, 1.54) is 0 Å². The molecule has 0 spiro atoms. The van der Waals surface area contributed by atoms with Crippen LogP contribution in [0.1, 0.15) is 31.5 Å². The van der Waals surface area contributed by atoms with Crippen LogP contribution < -0.4 is 0 Å². The molecule has 6 heteroatoms. The first-order valence-corrected chi connectivity index (χ1v) is 3.63. The van der Waals surface area contributed by atoms with Crippen LogP contribution in [-0.2, 0) is 5.82 Å². The zero-order valence-electron chi connectivity index (χ0n) is 7.14. The number of nitrogens with zero attached hydrogens (tertiary/aromatic N) is 2. The molecule has 12 heavy (non-hydrogen) atoms. The molecule has 0 atom stereocenters. The molecule has 0 radical (unpaired) electrons. The van der Waals surface area contributed by atoms with Gasteiger partial charge in [0.2, 0.25) is 7.85 Å². The highest BCUT2D eigenvalue weighted by Gasteiger charge is 2.31. The predicted octanol–water partition coefficient (Wildman–Crippen LogP) is 0.875. The van der Waals surface area contributed by atoms with Crippen LogP contribution in [0, 0.1) is 0 Å².